The summed E-state index contributed by atoms with van der Waals surface area (Å²) >= 11 is 0. The van der Waals surface area contributed by atoms with E-state index in [2.05, 4.69) is 38.1 Å². The summed E-state index contributed by atoms with van der Waals surface area (Å²) in [5.74, 6) is 0.299. The standard InChI is InChI=1S/C17H25NO/c1-5-6-12-17(19)16(13-14(2)18(3)4)15-10-8-7-9-11-15/h5-11,14,16H,12-13H2,1-4H3/b6-5+/t14-,16-/m0/s1. The summed E-state index contributed by atoms with van der Waals surface area (Å²) in [6.45, 7) is 4.12. The van der Waals surface area contributed by atoms with Crippen LogP contribution in [-0.4, -0.2) is 30.8 Å². The number of hydrogen-bond acceptors (Lipinski definition) is 2. The molecule has 1 aromatic carbocycles. The maximum atomic E-state index is 12.4. The molecule has 0 spiro atoms. The van der Waals surface area contributed by atoms with Crippen LogP contribution >= 0.6 is 0 Å². The lowest BCUT2D eigenvalue weighted by atomic mass is 9.87. The number of ketones is 1. The molecule has 2 heteroatoms. The second kappa shape index (κ2) is 7.90. The van der Waals surface area contributed by atoms with Gasteiger partial charge in [-0.1, -0.05) is 42.5 Å². The van der Waals surface area contributed by atoms with E-state index in [4.69, 9.17) is 0 Å². The Morgan fingerprint density at radius 3 is 2.42 bits per heavy atom. The van der Waals surface area contributed by atoms with Gasteiger partial charge < -0.3 is 4.90 Å². The van der Waals surface area contributed by atoms with E-state index in [1.165, 1.54) is 0 Å². The number of benzene rings is 1. The first-order chi connectivity index (χ1) is 9.06. The van der Waals surface area contributed by atoms with Gasteiger partial charge in [-0.3, -0.25) is 4.79 Å². The van der Waals surface area contributed by atoms with Crippen LogP contribution in [0.25, 0.3) is 0 Å². The lowest BCUT2D eigenvalue weighted by Crippen LogP contribution is -2.28. The van der Waals surface area contributed by atoms with Gasteiger partial charge in [-0.05, 0) is 39.9 Å². The minimum Gasteiger partial charge on any atom is -0.307 e. The first-order valence-corrected chi connectivity index (χ1v) is 6.91. The molecule has 0 radical (unpaired) electrons. The summed E-state index contributed by atoms with van der Waals surface area (Å²) in [5, 5.41) is 0. The van der Waals surface area contributed by atoms with Crippen LogP contribution in [0.2, 0.25) is 0 Å². The number of Topliss-reactive ketones (excluding diaryl/α,β-unsaturated/α-hetero) is 1. The number of rotatable bonds is 7. The topological polar surface area (TPSA) is 20.3 Å². The number of carbonyl (C=O) groups excluding carboxylic acids is 1. The molecule has 1 aromatic rings. The van der Waals surface area contributed by atoms with E-state index in [1.54, 1.807) is 0 Å². The third-order valence-corrected chi connectivity index (χ3v) is 3.60. The van der Waals surface area contributed by atoms with E-state index in [1.807, 2.05) is 37.3 Å². The van der Waals surface area contributed by atoms with Gasteiger partial charge in [0.2, 0.25) is 0 Å². The minimum absolute atomic E-state index is 0.00481. The van der Waals surface area contributed by atoms with Crippen molar-refractivity contribution in [3.05, 3.63) is 48.0 Å². The van der Waals surface area contributed by atoms with E-state index in [9.17, 15) is 4.79 Å². The molecule has 0 fully saturated rings. The lowest BCUT2D eigenvalue weighted by Gasteiger charge is -2.25. The summed E-state index contributed by atoms with van der Waals surface area (Å²) in [6.07, 6.45) is 5.28. The van der Waals surface area contributed by atoms with E-state index in [0.29, 0.717) is 18.2 Å². The van der Waals surface area contributed by atoms with Gasteiger partial charge in [-0.2, -0.15) is 0 Å². The van der Waals surface area contributed by atoms with Crippen LogP contribution in [0, 0.1) is 0 Å². The van der Waals surface area contributed by atoms with Crippen LogP contribution in [0.15, 0.2) is 42.5 Å². The number of nitrogens with zero attached hydrogens (tertiary/aromatic N) is 1. The third kappa shape index (κ3) is 4.99. The maximum absolute atomic E-state index is 12.4. The average molecular weight is 259 g/mol. The van der Waals surface area contributed by atoms with Crippen molar-refractivity contribution < 1.29 is 4.79 Å². The molecule has 0 aromatic heterocycles. The van der Waals surface area contributed by atoms with E-state index in [0.717, 1.165) is 12.0 Å². The fourth-order valence-corrected chi connectivity index (χ4v) is 2.07. The Morgan fingerprint density at radius 1 is 1.26 bits per heavy atom. The van der Waals surface area contributed by atoms with Crippen molar-refractivity contribution in [1.29, 1.82) is 0 Å². The Hall–Kier alpha value is -1.41. The molecule has 0 unspecified atom stereocenters. The van der Waals surface area contributed by atoms with Crippen LogP contribution in [0.1, 0.15) is 38.2 Å². The summed E-state index contributed by atoms with van der Waals surface area (Å²) in [7, 11) is 4.12. The minimum atomic E-state index is -0.00481. The molecule has 0 aliphatic rings. The monoisotopic (exact) mass is 259 g/mol. The molecule has 2 nitrogen and oxygen atoms in total. The van der Waals surface area contributed by atoms with Crippen molar-refractivity contribution in [2.45, 2.75) is 38.6 Å². The number of hydrogen-bond donors (Lipinski definition) is 0. The zero-order valence-electron chi connectivity index (χ0n) is 12.5. The molecule has 1 rings (SSSR count). The van der Waals surface area contributed by atoms with E-state index in [-0.39, 0.29) is 5.92 Å². The summed E-state index contributed by atoms with van der Waals surface area (Å²) in [4.78, 5) is 14.6. The molecule has 0 aliphatic heterocycles. The molecule has 19 heavy (non-hydrogen) atoms. The second-order valence-corrected chi connectivity index (χ2v) is 5.25. The molecular weight excluding hydrogens is 234 g/mol. The first kappa shape index (κ1) is 15.6. The molecule has 0 amide bonds. The summed E-state index contributed by atoms with van der Waals surface area (Å²) in [5.41, 5.74) is 1.13. The Morgan fingerprint density at radius 2 is 1.89 bits per heavy atom. The largest absolute Gasteiger partial charge is 0.307 e. The van der Waals surface area contributed by atoms with E-state index >= 15 is 0 Å². The quantitative estimate of drug-likeness (QED) is 0.697. The van der Waals surface area contributed by atoms with Crippen molar-refractivity contribution in [1.82, 2.24) is 4.90 Å². The molecule has 0 saturated carbocycles. The Labute approximate surface area is 117 Å². The molecule has 0 heterocycles. The fraction of sp³-hybridized carbons (Fsp3) is 0.471. The molecule has 2 atom stereocenters. The normalized spacial score (nSPS) is 14.8. The van der Waals surface area contributed by atoms with Gasteiger partial charge in [0.1, 0.15) is 5.78 Å². The summed E-state index contributed by atoms with van der Waals surface area (Å²) in [6, 6.07) is 10.5. The Balaban J connectivity index is 2.88. The number of carbonyl (C=O) groups is 1. The highest BCUT2D eigenvalue weighted by Gasteiger charge is 2.22. The van der Waals surface area contributed by atoms with Gasteiger partial charge in [0.05, 0.1) is 0 Å². The maximum Gasteiger partial charge on any atom is 0.144 e. The van der Waals surface area contributed by atoms with Crippen LogP contribution in [0.5, 0.6) is 0 Å². The molecule has 0 aliphatic carbocycles. The van der Waals surface area contributed by atoms with Gasteiger partial charge in [0.25, 0.3) is 0 Å². The smallest absolute Gasteiger partial charge is 0.144 e. The summed E-state index contributed by atoms with van der Waals surface area (Å²) < 4.78 is 0. The van der Waals surface area contributed by atoms with Gasteiger partial charge >= 0.3 is 0 Å². The molecule has 104 valence electrons. The van der Waals surface area contributed by atoms with E-state index < -0.39 is 0 Å². The van der Waals surface area contributed by atoms with Crippen molar-refractivity contribution in [2.75, 3.05) is 14.1 Å². The average Bonchev–Trinajstić information content (AvgIpc) is 2.42. The molecular formula is C17H25NO. The molecule has 0 N–H and O–H groups in total. The van der Waals surface area contributed by atoms with Crippen LogP contribution in [-0.2, 0) is 4.79 Å². The SMILES string of the molecule is C/C=C/CC(=O)[C@@H](C[C@H](C)N(C)C)c1ccccc1. The van der Waals surface area contributed by atoms with Gasteiger partial charge in [0.15, 0.2) is 0 Å². The van der Waals surface area contributed by atoms with Gasteiger partial charge in [-0.25, -0.2) is 0 Å². The van der Waals surface area contributed by atoms with Crippen molar-refractivity contribution >= 4 is 5.78 Å². The zero-order valence-corrected chi connectivity index (χ0v) is 12.5. The Kier molecular flexibility index (Phi) is 6.51. The highest BCUT2D eigenvalue weighted by molar-refractivity contribution is 5.86. The predicted octanol–water partition coefficient (Wildman–Crippen LogP) is 3.65. The molecule has 0 saturated heterocycles. The predicted molar refractivity (Wildman–Crippen MR) is 81.4 cm³/mol. The number of allylic oxidation sites excluding steroid dienone is 2. The first-order valence-electron chi connectivity index (χ1n) is 6.91. The van der Waals surface area contributed by atoms with Crippen LogP contribution < -0.4 is 0 Å². The van der Waals surface area contributed by atoms with Crippen LogP contribution in [0.3, 0.4) is 0 Å². The van der Waals surface area contributed by atoms with Gasteiger partial charge in [-0.15, -0.1) is 0 Å². The molecule has 0 bridgehead atoms. The zero-order chi connectivity index (χ0) is 14.3. The lowest BCUT2D eigenvalue weighted by molar-refractivity contribution is -0.120. The third-order valence-electron chi connectivity index (χ3n) is 3.60. The van der Waals surface area contributed by atoms with Crippen LogP contribution in [0.4, 0.5) is 0 Å². The fourth-order valence-electron chi connectivity index (χ4n) is 2.07. The van der Waals surface area contributed by atoms with Crippen molar-refractivity contribution in [3.8, 4) is 0 Å². The van der Waals surface area contributed by atoms with Crippen molar-refractivity contribution in [3.63, 3.8) is 0 Å². The Bertz CT molecular complexity index is 409. The highest BCUT2D eigenvalue weighted by atomic mass is 16.1. The van der Waals surface area contributed by atoms with Crippen molar-refractivity contribution in [2.24, 2.45) is 0 Å². The second-order valence-electron chi connectivity index (χ2n) is 5.25. The highest BCUT2D eigenvalue weighted by Crippen LogP contribution is 2.25. The van der Waals surface area contributed by atoms with Gasteiger partial charge in [0, 0.05) is 18.4 Å².